The Morgan fingerprint density at radius 1 is 0.426 bits per heavy atom. The second kappa shape index (κ2) is 41.5. The zero-order valence-electron chi connectivity index (χ0n) is 37.0. The van der Waals surface area contributed by atoms with Gasteiger partial charge < -0.3 is 24.4 Å². The van der Waals surface area contributed by atoms with Gasteiger partial charge in [-0.25, -0.2) is 0 Å². The molecule has 0 bridgehead atoms. The van der Waals surface area contributed by atoms with Crippen molar-refractivity contribution in [3.63, 3.8) is 0 Å². The average Bonchev–Trinajstić information content (AvgIpc) is 3.18. The van der Waals surface area contributed by atoms with Crippen LogP contribution >= 0.6 is 0 Å². The molecule has 0 fully saturated rings. The summed E-state index contributed by atoms with van der Waals surface area (Å²) >= 11 is 0. The third-order valence-corrected chi connectivity index (χ3v) is 11.4. The molecule has 2 atom stereocenters. The SMILES string of the molecule is CCCCCCCCC(CCCCCC)COC(=O)CCCCCN(CCC(=O)OCC(CCCCCC)CCCCCCCC)CCN(CC)CCO. The minimum absolute atomic E-state index is 0.0427. The van der Waals surface area contributed by atoms with Crippen molar-refractivity contribution in [2.45, 2.75) is 221 Å². The molecule has 0 aromatic carbocycles. The summed E-state index contributed by atoms with van der Waals surface area (Å²) in [6.07, 6.45) is 34.2. The van der Waals surface area contributed by atoms with Crippen LogP contribution in [0.15, 0.2) is 0 Å². The molecule has 0 aromatic rings. The van der Waals surface area contributed by atoms with Crippen LogP contribution < -0.4 is 0 Å². The normalized spacial score (nSPS) is 12.8. The molecule has 54 heavy (non-hydrogen) atoms. The molecule has 1 N–H and O–H groups in total. The molecule has 7 heteroatoms. The summed E-state index contributed by atoms with van der Waals surface area (Å²) < 4.78 is 11.8. The molecule has 0 aromatic heterocycles. The number of nitrogens with zero attached hydrogens (tertiary/aromatic N) is 2. The van der Waals surface area contributed by atoms with Crippen LogP contribution in [0.5, 0.6) is 0 Å². The quantitative estimate of drug-likeness (QED) is 0.0489. The van der Waals surface area contributed by atoms with Gasteiger partial charge in [0.15, 0.2) is 0 Å². The third-order valence-electron chi connectivity index (χ3n) is 11.4. The smallest absolute Gasteiger partial charge is 0.307 e. The molecule has 0 rings (SSSR count). The zero-order valence-corrected chi connectivity index (χ0v) is 37.0. The number of carbonyl (C=O) groups is 2. The largest absolute Gasteiger partial charge is 0.465 e. The summed E-state index contributed by atoms with van der Waals surface area (Å²) in [7, 11) is 0. The molecule has 0 aliphatic rings. The van der Waals surface area contributed by atoms with Crippen molar-refractivity contribution in [1.82, 2.24) is 9.80 Å². The van der Waals surface area contributed by atoms with Gasteiger partial charge >= 0.3 is 11.9 Å². The highest BCUT2D eigenvalue weighted by molar-refractivity contribution is 5.69. The van der Waals surface area contributed by atoms with Crippen LogP contribution in [0.2, 0.25) is 0 Å². The fourth-order valence-electron chi connectivity index (χ4n) is 7.55. The molecular weight excluding hydrogens is 673 g/mol. The van der Waals surface area contributed by atoms with Gasteiger partial charge in [-0.15, -0.1) is 0 Å². The van der Waals surface area contributed by atoms with Crippen LogP contribution in [0.3, 0.4) is 0 Å². The van der Waals surface area contributed by atoms with E-state index in [2.05, 4.69) is 44.4 Å². The highest BCUT2D eigenvalue weighted by atomic mass is 16.5. The molecule has 7 nitrogen and oxygen atoms in total. The topological polar surface area (TPSA) is 79.3 Å². The van der Waals surface area contributed by atoms with E-state index in [9.17, 15) is 14.7 Å². The maximum atomic E-state index is 13.0. The average molecular weight is 767 g/mol. The molecule has 0 aliphatic carbocycles. The lowest BCUT2D eigenvalue weighted by Crippen LogP contribution is -2.38. The fourth-order valence-corrected chi connectivity index (χ4v) is 7.55. The summed E-state index contributed by atoms with van der Waals surface area (Å²) in [5.41, 5.74) is 0. The van der Waals surface area contributed by atoms with Crippen molar-refractivity contribution in [2.24, 2.45) is 11.8 Å². The fraction of sp³-hybridized carbons (Fsp3) is 0.957. The Balaban J connectivity index is 4.79. The van der Waals surface area contributed by atoms with Gasteiger partial charge in [0, 0.05) is 32.6 Å². The number of esters is 2. The van der Waals surface area contributed by atoms with Crippen LogP contribution in [0, 0.1) is 11.8 Å². The lowest BCUT2D eigenvalue weighted by atomic mass is 9.95. The first-order valence-corrected chi connectivity index (χ1v) is 23.8. The second-order valence-corrected chi connectivity index (χ2v) is 16.5. The Bertz CT molecular complexity index is 796. The summed E-state index contributed by atoms with van der Waals surface area (Å²) in [6.45, 7) is 17.4. The van der Waals surface area contributed by atoms with E-state index in [1.165, 1.54) is 154 Å². The van der Waals surface area contributed by atoms with E-state index in [4.69, 9.17) is 9.47 Å². The lowest BCUT2D eigenvalue weighted by Gasteiger charge is -2.26. The maximum Gasteiger partial charge on any atom is 0.307 e. The Hall–Kier alpha value is -1.18. The summed E-state index contributed by atoms with van der Waals surface area (Å²) in [4.78, 5) is 30.3. The molecule has 2 unspecified atom stereocenters. The molecule has 0 heterocycles. The number of hydrogen-bond acceptors (Lipinski definition) is 7. The molecule has 0 saturated carbocycles. The number of carbonyl (C=O) groups excluding carboxylic acids is 2. The van der Waals surface area contributed by atoms with Gasteiger partial charge in [0.05, 0.1) is 26.2 Å². The molecule has 0 amide bonds. The number of aliphatic hydroxyl groups excluding tert-OH is 1. The van der Waals surface area contributed by atoms with E-state index in [1.807, 2.05) is 0 Å². The van der Waals surface area contributed by atoms with Crippen LogP contribution in [0.25, 0.3) is 0 Å². The van der Waals surface area contributed by atoms with Crippen molar-refractivity contribution >= 4 is 11.9 Å². The summed E-state index contributed by atoms with van der Waals surface area (Å²) in [5, 5.41) is 9.49. The van der Waals surface area contributed by atoms with Gasteiger partial charge in [0.2, 0.25) is 0 Å². The van der Waals surface area contributed by atoms with E-state index < -0.39 is 0 Å². The number of aliphatic hydroxyl groups is 1. The standard InChI is InChI=1S/C47H94N2O5/c1-6-11-15-19-21-26-32-44(30-24-17-13-8-3)42-53-46(51)34-28-23-29-36-49(39-38-48(10-5)40-41-50)37-35-47(52)54-43-45(31-25-18-14-9-4)33-27-22-20-16-12-7-2/h44-45,50H,6-43H2,1-5H3. The minimum Gasteiger partial charge on any atom is -0.465 e. The first-order chi connectivity index (χ1) is 26.4. The van der Waals surface area contributed by atoms with Crippen LogP contribution in [-0.2, 0) is 19.1 Å². The molecule has 0 aliphatic heterocycles. The van der Waals surface area contributed by atoms with Crippen molar-refractivity contribution in [3.8, 4) is 0 Å². The van der Waals surface area contributed by atoms with Crippen LogP contribution in [-0.4, -0.2) is 85.9 Å². The highest BCUT2D eigenvalue weighted by Gasteiger charge is 2.16. The van der Waals surface area contributed by atoms with Crippen LogP contribution in [0.1, 0.15) is 221 Å². The van der Waals surface area contributed by atoms with Crippen molar-refractivity contribution in [3.05, 3.63) is 0 Å². The number of hydrogen-bond donors (Lipinski definition) is 1. The molecular formula is C47H94N2O5. The Kier molecular flexibility index (Phi) is 40.5. The molecule has 322 valence electrons. The van der Waals surface area contributed by atoms with Gasteiger partial charge in [-0.2, -0.15) is 0 Å². The van der Waals surface area contributed by atoms with Gasteiger partial charge in [-0.3, -0.25) is 9.59 Å². The second-order valence-electron chi connectivity index (χ2n) is 16.5. The van der Waals surface area contributed by atoms with Gasteiger partial charge in [-0.1, -0.05) is 169 Å². The maximum absolute atomic E-state index is 13.0. The van der Waals surface area contributed by atoms with Gasteiger partial charge in [0.1, 0.15) is 0 Å². The Morgan fingerprint density at radius 2 is 0.815 bits per heavy atom. The van der Waals surface area contributed by atoms with Crippen molar-refractivity contribution in [2.75, 3.05) is 59.1 Å². The minimum atomic E-state index is -0.0767. The molecule has 0 saturated heterocycles. The summed E-state index contributed by atoms with van der Waals surface area (Å²) in [6, 6.07) is 0. The van der Waals surface area contributed by atoms with E-state index in [1.54, 1.807) is 0 Å². The van der Waals surface area contributed by atoms with Gasteiger partial charge in [0.25, 0.3) is 0 Å². The lowest BCUT2D eigenvalue weighted by molar-refractivity contribution is -0.146. The Labute approximate surface area is 336 Å². The van der Waals surface area contributed by atoms with E-state index in [-0.39, 0.29) is 18.5 Å². The zero-order chi connectivity index (χ0) is 39.7. The number of unbranched alkanes of at least 4 members (excludes halogenated alkanes) is 18. The van der Waals surface area contributed by atoms with Crippen molar-refractivity contribution in [1.29, 1.82) is 0 Å². The van der Waals surface area contributed by atoms with Crippen LogP contribution in [0.4, 0.5) is 0 Å². The predicted molar refractivity (Wildman–Crippen MR) is 231 cm³/mol. The highest BCUT2D eigenvalue weighted by Crippen LogP contribution is 2.21. The summed E-state index contributed by atoms with van der Waals surface area (Å²) in [5.74, 6) is 0.863. The predicted octanol–water partition coefficient (Wildman–Crippen LogP) is 12.3. The van der Waals surface area contributed by atoms with E-state index in [0.717, 1.165) is 45.4 Å². The van der Waals surface area contributed by atoms with E-state index >= 15 is 0 Å². The number of rotatable bonds is 43. The number of likely N-dealkylation sites (N-methyl/N-ethyl adjacent to an activating group) is 1. The van der Waals surface area contributed by atoms with Crippen molar-refractivity contribution < 1.29 is 24.2 Å². The third kappa shape index (κ3) is 35.2. The number of ether oxygens (including phenoxy) is 2. The first kappa shape index (κ1) is 52.8. The Morgan fingerprint density at radius 3 is 1.26 bits per heavy atom. The first-order valence-electron chi connectivity index (χ1n) is 23.8. The molecule has 0 spiro atoms. The van der Waals surface area contributed by atoms with Gasteiger partial charge in [-0.05, 0) is 63.5 Å². The monoisotopic (exact) mass is 767 g/mol. The van der Waals surface area contributed by atoms with E-state index in [0.29, 0.717) is 51.0 Å². The molecule has 0 radical (unpaired) electrons.